The summed E-state index contributed by atoms with van der Waals surface area (Å²) in [5.74, 6) is 0. The Kier molecular flexibility index (Phi) is 11.4. The van der Waals surface area contributed by atoms with Crippen LogP contribution in [-0.2, 0) is 9.68 Å². The number of ether oxygens (including phenoxy) is 1. The van der Waals surface area contributed by atoms with Crippen molar-refractivity contribution in [1.82, 2.24) is 0 Å². The molecule has 0 rings (SSSR count). The molecule has 0 aromatic heterocycles. The molecule has 0 spiro atoms. The number of rotatable bonds is 1. The zero-order valence-electron chi connectivity index (χ0n) is 3.81. The van der Waals surface area contributed by atoms with E-state index in [0.717, 1.165) is 0 Å². The third-order valence-electron chi connectivity index (χ3n) is 0.325. The van der Waals surface area contributed by atoms with E-state index in [-0.39, 0.29) is 58.0 Å². The zero-order chi connectivity index (χ0) is 5.70. The van der Waals surface area contributed by atoms with E-state index in [1.165, 1.54) is 0 Å². The van der Waals surface area contributed by atoms with Crippen LogP contribution in [0.3, 0.4) is 0 Å². The van der Waals surface area contributed by atoms with Crippen molar-refractivity contribution in [2.75, 3.05) is 6.61 Å². The molecule has 0 saturated carbocycles. The summed E-state index contributed by atoms with van der Waals surface area (Å²) in [6, 6.07) is 0. The van der Waals surface area contributed by atoms with Crippen LogP contribution in [0, 0.1) is 0 Å². The average Bonchev–Trinajstić information content (AvgIpc) is 1.68. The van der Waals surface area contributed by atoms with E-state index < -0.39 is 6.16 Å². The third-order valence-corrected chi connectivity index (χ3v) is 0.325. The van der Waals surface area contributed by atoms with Crippen molar-refractivity contribution in [2.24, 2.45) is 0 Å². The molecule has 0 aliphatic rings. The second kappa shape index (κ2) is 7.84. The average molecular weight is 148 g/mol. The molecule has 0 aromatic rings. The molecule has 0 atom stereocenters. The summed E-state index contributed by atoms with van der Waals surface area (Å²) in [4.78, 5) is 12.2. The van der Waals surface area contributed by atoms with Crippen molar-refractivity contribution in [3.8, 4) is 0 Å². The first-order valence-corrected chi connectivity index (χ1v) is 1.76. The van der Waals surface area contributed by atoms with Gasteiger partial charge in [0.1, 0.15) is 0 Å². The Balaban J connectivity index is 0. The van der Waals surface area contributed by atoms with Gasteiger partial charge in [0.15, 0.2) is 0 Å². The second-order valence-corrected chi connectivity index (χ2v) is 0.760. The molecule has 8 heavy (non-hydrogen) atoms. The van der Waals surface area contributed by atoms with Crippen LogP contribution in [0.1, 0.15) is 6.92 Å². The van der Waals surface area contributed by atoms with Gasteiger partial charge in [0.25, 0.3) is 0 Å². The number of hydrogen-bond acceptors (Lipinski definition) is 3. The molecule has 0 saturated heterocycles. The molecule has 0 unspecified atom stereocenters. The van der Waals surface area contributed by atoms with E-state index in [1.54, 1.807) is 6.92 Å². The molecule has 0 aromatic carbocycles. The third kappa shape index (κ3) is 6.84. The van der Waals surface area contributed by atoms with Crippen molar-refractivity contribution in [1.29, 1.82) is 0 Å². The number of hydrogen-bond donors (Lipinski definition) is 0. The molecule has 0 aliphatic carbocycles. The Morgan fingerprint density at radius 2 is 2.25 bits per heavy atom. The van der Waals surface area contributed by atoms with Crippen LogP contribution in [0.4, 0.5) is 9.32 Å². The van der Waals surface area contributed by atoms with Gasteiger partial charge in [-0.1, -0.05) is 0 Å². The second-order valence-electron chi connectivity index (χ2n) is 0.760. The number of carbonyl (C=O) groups excluding carboxylic acids is 1. The molecule has 0 amide bonds. The fourth-order valence-corrected chi connectivity index (χ4v) is 0.140. The summed E-state index contributed by atoms with van der Waals surface area (Å²) in [7, 11) is 0. The zero-order valence-corrected chi connectivity index (χ0v) is 3.81. The number of carbonyl (C=O) groups is 1. The predicted molar refractivity (Wildman–Crippen MR) is 26.4 cm³/mol. The summed E-state index contributed by atoms with van der Waals surface area (Å²) in [6.07, 6.45) is -1.29. The normalized spacial score (nSPS) is 6.75. The molecule has 3 nitrogen and oxygen atoms in total. The fourth-order valence-electron chi connectivity index (χ4n) is 0.140. The summed E-state index contributed by atoms with van der Waals surface area (Å²) in [6.45, 7) is 1.68. The van der Waals surface area contributed by atoms with Crippen LogP contribution in [0.25, 0.3) is 0 Å². The Bertz CT molecular complexity index is 67.5. The van der Waals surface area contributed by atoms with E-state index in [0.29, 0.717) is 0 Å². The molecule has 0 bridgehead atoms. The number of halogens is 1. The summed E-state index contributed by atoms with van der Waals surface area (Å²) >= 11 is 0. The maximum atomic E-state index is 10.6. The van der Waals surface area contributed by atoms with Crippen LogP contribution in [0.15, 0.2) is 0 Å². The van der Waals surface area contributed by atoms with E-state index in [9.17, 15) is 9.32 Å². The van der Waals surface area contributed by atoms with Gasteiger partial charge in [-0.15, -0.1) is 0 Å². The summed E-state index contributed by atoms with van der Waals surface area (Å²) < 4.78 is 14.6. The molecular formula is C3H6FKO3. The van der Waals surface area contributed by atoms with E-state index in [1.807, 2.05) is 0 Å². The minimum atomic E-state index is -1.29. The molecule has 44 valence electrons. The Morgan fingerprint density at radius 1 is 1.75 bits per heavy atom. The Morgan fingerprint density at radius 3 is 2.38 bits per heavy atom. The Hall–Kier alpha value is 0.836. The van der Waals surface area contributed by atoms with Crippen molar-refractivity contribution < 1.29 is 19.0 Å². The standard InChI is InChI=1S/C3H5FO3.K.H/c1-2-6-3(5)7-4;;/h2H2,1H3;;. The van der Waals surface area contributed by atoms with Gasteiger partial charge in [-0.25, -0.2) is 9.74 Å². The van der Waals surface area contributed by atoms with Gasteiger partial charge in [-0.3, -0.25) is 0 Å². The van der Waals surface area contributed by atoms with Crippen LogP contribution >= 0.6 is 0 Å². The van der Waals surface area contributed by atoms with Gasteiger partial charge in [-0.05, 0) is 6.92 Å². The van der Waals surface area contributed by atoms with Crippen LogP contribution in [0.2, 0.25) is 0 Å². The van der Waals surface area contributed by atoms with Crippen LogP contribution in [0.5, 0.6) is 0 Å². The summed E-state index contributed by atoms with van der Waals surface area (Å²) in [5, 5.41) is 0. The fraction of sp³-hybridized carbons (Fsp3) is 0.667. The van der Waals surface area contributed by atoms with Gasteiger partial charge < -0.3 is 4.74 Å². The molecular weight excluding hydrogens is 142 g/mol. The van der Waals surface area contributed by atoms with Gasteiger partial charge in [0.2, 0.25) is 0 Å². The summed E-state index contributed by atoms with van der Waals surface area (Å²) in [5.41, 5.74) is 0. The first-order valence-electron chi connectivity index (χ1n) is 1.76. The topological polar surface area (TPSA) is 35.5 Å². The molecule has 0 aliphatic heterocycles. The van der Waals surface area contributed by atoms with Crippen LogP contribution < -0.4 is 0 Å². The first kappa shape index (κ1) is 11.6. The van der Waals surface area contributed by atoms with Crippen molar-refractivity contribution >= 4 is 57.5 Å². The molecule has 5 heteroatoms. The minimum absolute atomic E-state index is 0. The van der Waals surface area contributed by atoms with Gasteiger partial charge >= 0.3 is 57.5 Å². The molecule has 0 heterocycles. The van der Waals surface area contributed by atoms with Crippen LogP contribution in [-0.4, -0.2) is 64.1 Å². The van der Waals surface area contributed by atoms with Gasteiger partial charge in [-0.2, -0.15) is 0 Å². The van der Waals surface area contributed by atoms with Crippen molar-refractivity contribution in [2.45, 2.75) is 6.92 Å². The van der Waals surface area contributed by atoms with Crippen molar-refractivity contribution in [3.05, 3.63) is 0 Å². The van der Waals surface area contributed by atoms with E-state index >= 15 is 0 Å². The van der Waals surface area contributed by atoms with E-state index in [2.05, 4.69) is 9.68 Å². The molecule has 0 fully saturated rings. The molecule has 0 radical (unpaired) electrons. The SMILES string of the molecule is CCOC(=O)OF.[KH]. The van der Waals surface area contributed by atoms with Gasteiger partial charge in [0, 0.05) is 4.53 Å². The Labute approximate surface area is 88.8 Å². The quantitative estimate of drug-likeness (QED) is 0.398. The first-order chi connectivity index (χ1) is 3.31. The maximum absolute atomic E-state index is 10.6. The van der Waals surface area contributed by atoms with Crippen molar-refractivity contribution in [3.63, 3.8) is 0 Å². The molecule has 0 N–H and O–H groups in total. The van der Waals surface area contributed by atoms with Gasteiger partial charge in [0.05, 0.1) is 6.61 Å². The predicted octanol–water partition coefficient (Wildman–Crippen LogP) is 0.396. The monoisotopic (exact) mass is 148 g/mol. The van der Waals surface area contributed by atoms with E-state index in [4.69, 9.17) is 0 Å².